The van der Waals surface area contributed by atoms with Gasteiger partial charge in [0.05, 0.1) is 11.3 Å². The molecule has 0 saturated carbocycles. The van der Waals surface area contributed by atoms with Gasteiger partial charge in [0, 0.05) is 27.0 Å². The predicted molar refractivity (Wildman–Crippen MR) is 50.9 cm³/mol. The van der Waals surface area contributed by atoms with Gasteiger partial charge in [0.15, 0.2) is 6.29 Å². The van der Waals surface area contributed by atoms with E-state index in [1.54, 1.807) is 25.0 Å². The number of aryl methyl sites for hydroxylation is 2. The van der Waals surface area contributed by atoms with Crippen molar-refractivity contribution in [2.45, 2.75) is 13.8 Å². The minimum absolute atomic E-state index is 0.664. The molecular weight excluding hydrogens is 168 g/mol. The van der Waals surface area contributed by atoms with Gasteiger partial charge in [-0.2, -0.15) is 5.10 Å². The smallest absolute Gasteiger partial charge is 0.153 e. The minimum Gasteiger partial charge on any atom is -0.385 e. The van der Waals surface area contributed by atoms with Crippen LogP contribution in [0.1, 0.15) is 23.0 Å². The third kappa shape index (κ3) is 4.42. The van der Waals surface area contributed by atoms with Crippen molar-refractivity contribution in [2.75, 3.05) is 13.7 Å². The Bertz CT molecular complexity index is 254. The van der Waals surface area contributed by atoms with Crippen LogP contribution < -0.4 is 0 Å². The summed E-state index contributed by atoms with van der Waals surface area (Å²) in [5.41, 5.74) is 1.45. The number of nitrogens with zero attached hydrogens (tertiary/aromatic N) is 2. The zero-order valence-corrected chi connectivity index (χ0v) is 8.57. The fourth-order valence-corrected chi connectivity index (χ4v) is 0.734. The molecule has 0 aliphatic heterocycles. The Morgan fingerprint density at radius 3 is 2.38 bits per heavy atom. The standard InChI is InChI=1S/C6H8N2O.C3H8O/c1-5-6(4-9)3-8(2)7-5;1-3-4-2/h3-4H,1-2H3;3H2,1-2H3. The van der Waals surface area contributed by atoms with Crippen LogP contribution >= 0.6 is 0 Å². The Balaban J connectivity index is 0.000000310. The molecule has 0 radical (unpaired) electrons. The summed E-state index contributed by atoms with van der Waals surface area (Å²) in [6, 6.07) is 0. The summed E-state index contributed by atoms with van der Waals surface area (Å²) in [6.45, 7) is 4.59. The number of carbonyl (C=O) groups is 1. The van der Waals surface area contributed by atoms with Crippen molar-refractivity contribution in [3.63, 3.8) is 0 Å². The minimum atomic E-state index is 0.664. The van der Waals surface area contributed by atoms with Crippen LogP contribution in [0.5, 0.6) is 0 Å². The van der Waals surface area contributed by atoms with E-state index in [9.17, 15) is 4.79 Å². The van der Waals surface area contributed by atoms with E-state index >= 15 is 0 Å². The van der Waals surface area contributed by atoms with E-state index in [2.05, 4.69) is 9.84 Å². The van der Waals surface area contributed by atoms with Crippen molar-refractivity contribution in [2.24, 2.45) is 7.05 Å². The number of aldehydes is 1. The number of ether oxygens (including phenoxy) is 1. The molecule has 0 N–H and O–H groups in total. The molecule has 0 unspecified atom stereocenters. The number of hydrogen-bond donors (Lipinski definition) is 0. The first kappa shape index (κ1) is 11.8. The molecule has 74 valence electrons. The van der Waals surface area contributed by atoms with Crippen LogP contribution in [0.15, 0.2) is 6.20 Å². The van der Waals surface area contributed by atoms with Crippen LogP contribution in [0.3, 0.4) is 0 Å². The maximum Gasteiger partial charge on any atom is 0.153 e. The zero-order valence-electron chi connectivity index (χ0n) is 8.57. The molecule has 0 atom stereocenters. The van der Waals surface area contributed by atoms with Gasteiger partial charge < -0.3 is 4.74 Å². The largest absolute Gasteiger partial charge is 0.385 e. The first-order chi connectivity index (χ1) is 6.15. The molecule has 1 aromatic rings. The van der Waals surface area contributed by atoms with Crippen molar-refractivity contribution in [3.05, 3.63) is 17.5 Å². The molecule has 0 amide bonds. The molecule has 0 aliphatic rings. The van der Waals surface area contributed by atoms with Crippen LogP contribution in [0, 0.1) is 6.92 Å². The van der Waals surface area contributed by atoms with E-state index in [-0.39, 0.29) is 0 Å². The summed E-state index contributed by atoms with van der Waals surface area (Å²) >= 11 is 0. The summed E-state index contributed by atoms with van der Waals surface area (Å²) < 4.78 is 6.17. The summed E-state index contributed by atoms with van der Waals surface area (Å²) in [6.07, 6.45) is 2.50. The number of methoxy groups -OCH3 is 1. The molecule has 0 fully saturated rings. The Morgan fingerprint density at radius 1 is 1.69 bits per heavy atom. The van der Waals surface area contributed by atoms with E-state index < -0.39 is 0 Å². The number of aromatic nitrogens is 2. The van der Waals surface area contributed by atoms with Gasteiger partial charge in [-0.3, -0.25) is 9.48 Å². The van der Waals surface area contributed by atoms with Crippen LogP contribution in [-0.2, 0) is 11.8 Å². The van der Waals surface area contributed by atoms with Gasteiger partial charge in [-0.15, -0.1) is 0 Å². The average Bonchev–Trinajstić information content (AvgIpc) is 2.45. The summed E-state index contributed by atoms with van der Waals surface area (Å²) in [5, 5.41) is 3.97. The van der Waals surface area contributed by atoms with Crippen LogP contribution in [0.4, 0.5) is 0 Å². The zero-order chi connectivity index (χ0) is 10.3. The molecule has 0 spiro atoms. The maximum absolute atomic E-state index is 10.2. The van der Waals surface area contributed by atoms with Gasteiger partial charge in [0.25, 0.3) is 0 Å². The Morgan fingerprint density at radius 2 is 2.23 bits per heavy atom. The molecule has 1 aromatic heterocycles. The lowest BCUT2D eigenvalue weighted by atomic mass is 10.3. The van der Waals surface area contributed by atoms with Crippen LogP contribution in [0.2, 0.25) is 0 Å². The molecule has 1 rings (SSSR count). The van der Waals surface area contributed by atoms with Gasteiger partial charge in [0.2, 0.25) is 0 Å². The van der Waals surface area contributed by atoms with Crippen molar-refractivity contribution in [1.82, 2.24) is 9.78 Å². The Kier molecular flexibility index (Phi) is 5.80. The summed E-state index contributed by atoms with van der Waals surface area (Å²) in [4.78, 5) is 10.2. The predicted octanol–water partition coefficient (Wildman–Crippen LogP) is 1.19. The topological polar surface area (TPSA) is 44.1 Å². The molecule has 4 heteroatoms. The average molecular weight is 184 g/mol. The molecule has 0 saturated heterocycles. The second-order valence-corrected chi connectivity index (χ2v) is 2.54. The fourth-order valence-electron chi connectivity index (χ4n) is 0.734. The number of rotatable bonds is 2. The lowest BCUT2D eigenvalue weighted by molar-refractivity contribution is 0.112. The van der Waals surface area contributed by atoms with Gasteiger partial charge in [0.1, 0.15) is 0 Å². The van der Waals surface area contributed by atoms with E-state index in [1.807, 2.05) is 13.8 Å². The molecule has 0 bridgehead atoms. The fraction of sp³-hybridized carbons (Fsp3) is 0.556. The summed E-state index contributed by atoms with van der Waals surface area (Å²) in [5.74, 6) is 0. The lowest BCUT2D eigenvalue weighted by Crippen LogP contribution is -1.86. The molecule has 1 heterocycles. The van der Waals surface area contributed by atoms with E-state index in [4.69, 9.17) is 0 Å². The second-order valence-electron chi connectivity index (χ2n) is 2.54. The summed E-state index contributed by atoms with van der Waals surface area (Å²) in [7, 11) is 3.47. The van der Waals surface area contributed by atoms with E-state index in [0.29, 0.717) is 5.56 Å². The molecule has 13 heavy (non-hydrogen) atoms. The highest BCUT2D eigenvalue weighted by molar-refractivity contribution is 5.75. The maximum atomic E-state index is 10.2. The quantitative estimate of drug-likeness (QED) is 0.648. The first-order valence-corrected chi connectivity index (χ1v) is 4.10. The molecule has 4 nitrogen and oxygen atoms in total. The monoisotopic (exact) mass is 184 g/mol. The highest BCUT2D eigenvalue weighted by Gasteiger charge is 1.98. The molecular formula is C9H16N2O2. The van der Waals surface area contributed by atoms with Gasteiger partial charge in [-0.05, 0) is 13.8 Å². The normalized spacial score (nSPS) is 8.92. The first-order valence-electron chi connectivity index (χ1n) is 4.10. The second kappa shape index (κ2) is 6.37. The van der Waals surface area contributed by atoms with Crippen molar-refractivity contribution in [3.8, 4) is 0 Å². The number of carbonyl (C=O) groups excluding carboxylic acids is 1. The molecule has 0 aromatic carbocycles. The third-order valence-corrected chi connectivity index (χ3v) is 1.47. The van der Waals surface area contributed by atoms with Gasteiger partial charge in [-0.1, -0.05) is 0 Å². The van der Waals surface area contributed by atoms with Crippen molar-refractivity contribution >= 4 is 6.29 Å². The lowest BCUT2D eigenvalue weighted by Gasteiger charge is -1.79. The van der Waals surface area contributed by atoms with E-state index in [1.165, 1.54) is 0 Å². The third-order valence-electron chi connectivity index (χ3n) is 1.47. The highest BCUT2D eigenvalue weighted by Crippen LogP contribution is 1.98. The van der Waals surface area contributed by atoms with E-state index in [0.717, 1.165) is 18.6 Å². The molecule has 0 aliphatic carbocycles. The number of hydrogen-bond acceptors (Lipinski definition) is 3. The highest BCUT2D eigenvalue weighted by atomic mass is 16.5. The Hall–Kier alpha value is -1.16. The van der Waals surface area contributed by atoms with Crippen LogP contribution in [0.25, 0.3) is 0 Å². The van der Waals surface area contributed by atoms with Gasteiger partial charge >= 0.3 is 0 Å². The van der Waals surface area contributed by atoms with Crippen LogP contribution in [-0.4, -0.2) is 29.8 Å². The Labute approximate surface area is 78.5 Å². The van der Waals surface area contributed by atoms with Crippen molar-refractivity contribution < 1.29 is 9.53 Å². The van der Waals surface area contributed by atoms with Crippen molar-refractivity contribution in [1.29, 1.82) is 0 Å². The van der Waals surface area contributed by atoms with Gasteiger partial charge in [-0.25, -0.2) is 0 Å². The SMILES string of the molecule is CCOC.Cc1nn(C)cc1C=O.